The normalized spacial score (nSPS) is 14.3. The minimum atomic E-state index is -3.57. The number of carbonyl (C=O) groups excluding carboxylic acids is 1. The molecule has 0 radical (unpaired) electrons. The summed E-state index contributed by atoms with van der Waals surface area (Å²) < 4.78 is 33.3. The molecular formula is C28H31ClN2O4S2. The lowest BCUT2D eigenvalue weighted by molar-refractivity contribution is -0.116. The van der Waals surface area contributed by atoms with Gasteiger partial charge in [-0.3, -0.25) is 4.79 Å². The van der Waals surface area contributed by atoms with Crippen LogP contribution in [0.15, 0.2) is 76.5 Å². The van der Waals surface area contributed by atoms with Gasteiger partial charge in [0.25, 0.3) is 0 Å². The van der Waals surface area contributed by atoms with E-state index in [1.54, 1.807) is 41.4 Å². The number of hydrogen-bond donors (Lipinski definition) is 1. The molecule has 4 rings (SSSR count). The van der Waals surface area contributed by atoms with E-state index in [0.717, 1.165) is 41.2 Å². The van der Waals surface area contributed by atoms with E-state index in [1.165, 1.54) is 0 Å². The second-order valence-electron chi connectivity index (χ2n) is 8.90. The van der Waals surface area contributed by atoms with E-state index in [9.17, 15) is 13.2 Å². The molecule has 1 saturated heterocycles. The summed E-state index contributed by atoms with van der Waals surface area (Å²) in [5.74, 6) is 1.18. The van der Waals surface area contributed by atoms with Crippen molar-refractivity contribution < 1.29 is 17.9 Å². The molecule has 0 saturated carbocycles. The van der Waals surface area contributed by atoms with E-state index in [-0.39, 0.29) is 17.2 Å². The van der Waals surface area contributed by atoms with E-state index in [2.05, 4.69) is 5.32 Å². The van der Waals surface area contributed by atoms with Crippen molar-refractivity contribution in [3.05, 3.63) is 82.9 Å². The highest BCUT2D eigenvalue weighted by atomic mass is 35.5. The Morgan fingerprint density at radius 3 is 2.49 bits per heavy atom. The van der Waals surface area contributed by atoms with Crippen molar-refractivity contribution in [3.8, 4) is 5.75 Å². The van der Waals surface area contributed by atoms with Gasteiger partial charge in [0.2, 0.25) is 15.9 Å². The van der Waals surface area contributed by atoms with Gasteiger partial charge in [-0.2, -0.15) is 4.31 Å². The van der Waals surface area contributed by atoms with Gasteiger partial charge in [0.05, 0.1) is 17.7 Å². The molecule has 6 nitrogen and oxygen atoms in total. The number of aryl methyl sites for hydroxylation is 1. The fourth-order valence-electron chi connectivity index (χ4n) is 4.26. The predicted molar refractivity (Wildman–Crippen MR) is 150 cm³/mol. The fourth-order valence-corrected chi connectivity index (χ4v) is 6.92. The molecule has 0 spiro atoms. The molecule has 0 aromatic heterocycles. The molecule has 0 unspecified atom stereocenters. The van der Waals surface area contributed by atoms with Gasteiger partial charge in [-0.25, -0.2) is 8.42 Å². The third kappa shape index (κ3) is 7.29. The molecule has 1 aliphatic heterocycles. The first-order valence-corrected chi connectivity index (χ1v) is 15.1. The SMILES string of the molecule is COc1ccc(S(=O)(=O)N2CCCCC2)cc1CCC(=O)Nc1ccccc1SCc1ccc(Cl)cc1. The third-order valence-electron chi connectivity index (χ3n) is 6.29. The van der Waals surface area contributed by atoms with Crippen molar-refractivity contribution >= 4 is 45.0 Å². The molecular weight excluding hydrogens is 528 g/mol. The van der Waals surface area contributed by atoms with Gasteiger partial charge < -0.3 is 10.1 Å². The van der Waals surface area contributed by atoms with Crippen molar-refractivity contribution in [1.29, 1.82) is 0 Å². The summed E-state index contributed by atoms with van der Waals surface area (Å²) in [6, 6.07) is 20.3. The lowest BCUT2D eigenvalue weighted by Crippen LogP contribution is -2.35. The number of ether oxygens (including phenoxy) is 1. The Balaban J connectivity index is 1.41. The molecule has 1 heterocycles. The smallest absolute Gasteiger partial charge is 0.243 e. The first-order valence-electron chi connectivity index (χ1n) is 12.3. The van der Waals surface area contributed by atoms with Crippen molar-refractivity contribution in [2.75, 3.05) is 25.5 Å². The Labute approximate surface area is 228 Å². The number of benzene rings is 3. The second kappa shape index (κ2) is 12.8. The summed E-state index contributed by atoms with van der Waals surface area (Å²) in [7, 11) is -2.02. The number of para-hydroxylation sites is 1. The van der Waals surface area contributed by atoms with Crippen LogP contribution in [0.25, 0.3) is 0 Å². The van der Waals surface area contributed by atoms with E-state index >= 15 is 0 Å². The number of piperidine rings is 1. The zero-order valence-electron chi connectivity index (χ0n) is 20.8. The highest BCUT2D eigenvalue weighted by Gasteiger charge is 2.26. The molecule has 3 aromatic carbocycles. The van der Waals surface area contributed by atoms with Crippen molar-refractivity contribution in [3.63, 3.8) is 0 Å². The second-order valence-corrected chi connectivity index (χ2v) is 12.3. The zero-order chi connectivity index (χ0) is 26.3. The number of hydrogen-bond acceptors (Lipinski definition) is 5. The molecule has 3 aromatic rings. The Bertz CT molecular complexity index is 1320. The third-order valence-corrected chi connectivity index (χ3v) is 9.59. The van der Waals surface area contributed by atoms with Gasteiger partial charge >= 0.3 is 0 Å². The Morgan fingerprint density at radius 1 is 1.03 bits per heavy atom. The summed E-state index contributed by atoms with van der Waals surface area (Å²) in [5.41, 5.74) is 2.59. The van der Waals surface area contributed by atoms with Gasteiger partial charge in [-0.1, -0.05) is 42.3 Å². The average molecular weight is 559 g/mol. The molecule has 0 atom stereocenters. The Hall–Kier alpha value is -2.52. The lowest BCUT2D eigenvalue weighted by atomic mass is 10.1. The van der Waals surface area contributed by atoms with E-state index in [0.29, 0.717) is 35.8 Å². The van der Waals surface area contributed by atoms with Gasteiger partial charge in [0.1, 0.15) is 5.75 Å². The molecule has 1 fully saturated rings. The van der Waals surface area contributed by atoms with Gasteiger partial charge in [-0.15, -0.1) is 11.8 Å². The molecule has 1 N–H and O–H groups in total. The van der Waals surface area contributed by atoms with Crippen LogP contribution >= 0.6 is 23.4 Å². The molecule has 0 aliphatic carbocycles. The standard InChI is InChI=1S/C28H31ClN2O4S2/c1-35-26-15-14-24(37(33,34)31-17-5-2-6-18-31)19-22(26)11-16-28(32)30-25-7-3-4-8-27(25)36-20-21-9-12-23(29)13-10-21/h3-4,7-10,12-15,19H,2,5-6,11,16-18,20H2,1H3,(H,30,32). The van der Waals surface area contributed by atoms with Gasteiger partial charge in [-0.05, 0) is 72.9 Å². The number of nitrogens with zero attached hydrogens (tertiary/aromatic N) is 1. The molecule has 0 bridgehead atoms. The quantitative estimate of drug-likeness (QED) is 0.292. The minimum absolute atomic E-state index is 0.147. The summed E-state index contributed by atoms with van der Waals surface area (Å²) in [4.78, 5) is 14.1. The van der Waals surface area contributed by atoms with Crippen LogP contribution in [0.5, 0.6) is 5.75 Å². The highest BCUT2D eigenvalue weighted by Crippen LogP contribution is 2.31. The first kappa shape index (κ1) is 27.5. The largest absolute Gasteiger partial charge is 0.496 e. The number of anilines is 1. The maximum Gasteiger partial charge on any atom is 0.243 e. The highest BCUT2D eigenvalue weighted by molar-refractivity contribution is 7.98. The first-order chi connectivity index (χ1) is 17.9. The molecule has 1 aliphatic rings. The molecule has 9 heteroatoms. The average Bonchev–Trinajstić information content (AvgIpc) is 2.92. The van der Waals surface area contributed by atoms with Crippen molar-refractivity contribution in [1.82, 2.24) is 4.31 Å². The summed E-state index contributed by atoms with van der Waals surface area (Å²) in [6.45, 7) is 1.09. The van der Waals surface area contributed by atoms with Crippen LogP contribution in [-0.2, 0) is 27.0 Å². The number of nitrogens with one attached hydrogen (secondary N) is 1. The summed E-state index contributed by atoms with van der Waals surface area (Å²) >= 11 is 7.61. The van der Waals surface area contributed by atoms with Crippen LogP contribution in [0, 0.1) is 0 Å². The summed E-state index contributed by atoms with van der Waals surface area (Å²) in [5, 5.41) is 3.71. The Kier molecular flexibility index (Phi) is 9.54. The maximum atomic E-state index is 13.1. The van der Waals surface area contributed by atoms with Gasteiger partial charge in [0, 0.05) is 35.2 Å². The van der Waals surface area contributed by atoms with Crippen LogP contribution in [0.3, 0.4) is 0 Å². The number of rotatable bonds is 10. The number of carbonyl (C=O) groups is 1. The van der Waals surface area contributed by atoms with Crippen LogP contribution in [0.4, 0.5) is 5.69 Å². The molecule has 37 heavy (non-hydrogen) atoms. The van der Waals surface area contributed by atoms with E-state index in [4.69, 9.17) is 16.3 Å². The fraction of sp³-hybridized carbons (Fsp3) is 0.321. The van der Waals surface area contributed by atoms with E-state index in [1.807, 2.05) is 48.5 Å². The number of methoxy groups -OCH3 is 1. The Morgan fingerprint density at radius 2 is 1.76 bits per heavy atom. The van der Waals surface area contributed by atoms with Gasteiger partial charge in [0.15, 0.2) is 0 Å². The summed E-state index contributed by atoms with van der Waals surface area (Å²) in [6.07, 6.45) is 3.36. The van der Waals surface area contributed by atoms with E-state index < -0.39 is 10.0 Å². The number of halogens is 1. The van der Waals surface area contributed by atoms with Crippen LogP contribution in [0.2, 0.25) is 5.02 Å². The topological polar surface area (TPSA) is 75.7 Å². The molecule has 196 valence electrons. The number of thioether (sulfide) groups is 1. The van der Waals surface area contributed by atoms with Crippen LogP contribution in [0.1, 0.15) is 36.8 Å². The predicted octanol–water partition coefficient (Wildman–Crippen LogP) is 6.39. The number of amides is 1. The monoisotopic (exact) mass is 558 g/mol. The number of sulfonamides is 1. The van der Waals surface area contributed by atoms with Crippen molar-refractivity contribution in [2.45, 2.75) is 47.6 Å². The zero-order valence-corrected chi connectivity index (χ0v) is 23.2. The molecule has 1 amide bonds. The lowest BCUT2D eigenvalue weighted by Gasteiger charge is -2.26. The minimum Gasteiger partial charge on any atom is -0.496 e. The van der Waals surface area contributed by atoms with Crippen LogP contribution in [-0.4, -0.2) is 38.8 Å². The van der Waals surface area contributed by atoms with Crippen LogP contribution < -0.4 is 10.1 Å². The maximum absolute atomic E-state index is 13.1. The van der Waals surface area contributed by atoms with Crippen molar-refractivity contribution in [2.24, 2.45) is 0 Å².